The number of quaternary nitrogens is 1. The monoisotopic (exact) mass is 110 g/mol. The Kier molecular flexibility index (Phi) is 1.46. The molecule has 0 saturated carbocycles. The van der Waals surface area contributed by atoms with Gasteiger partial charge in [0, 0.05) is 11.6 Å². The highest BCUT2D eigenvalue weighted by Crippen LogP contribution is 2.00. The van der Waals surface area contributed by atoms with Crippen LogP contribution in [0.3, 0.4) is 0 Å². The first-order chi connectivity index (χ1) is 3.83. The molecule has 43 valence electrons. The zero-order valence-corrected chi connectivity index (χ0v) is 4.77. The van der Waals surface area contributed by atoms with Gasteiger partial charge in [0.05, 0.1) is 0 Å². The summed E-state index contributed by atoms with van der Waals surface area (Å²) in [5, 5.41) is 10.4. The van der Waals surface area contributed by atoms with Gasteiger partial charge < -0.3 is 10.3 Å². The lowest BCUT2D eigenvalue weighted by atomic mass is 10.2. The van der Waals surface area contributed by atoms with Crippen molar-refractivity contribution in [1.82, 2.24) is 0 Å². The van der Waals surface area contributed by atoms with E-state index in [4.69, 9.17) is 0 Å². The molecule has 1 unspecified atom stereocenters. The molecule has 0 saturated heterocycles. The molecule has 0 aromatic rings. The van der Waals surface area contributed by atoms with Crippen molar-refractivity contribution in [3.8, 4) is 0 Å². The van der Waals surface area contributed by atoms with Gasteiger partial charge in [-0.3, -0.25) is 0 Å². The Bertz CT molecular complexity index is 137. The minimum Gasteiger partial charge on any atom is -0.624 e. The van der Waals surface area contributed by atoms with E-state index in [-0.39, 0.29) is 5.06 Å². The molecule has 0 aromatic heterocycles. The third kappa shape index (κ3) is 0.967. The van der Waals surface area contributed by atoms with E-state index >= 15 is 0 Å². The van der Waals surface area contributed by atoms with Crippen LogP contribution in [0, 0.1) is 11.4 Å². The van der Waals surface area contributed by atoms with Gasteiger partial charge in [0.1, 0.15) is 6.20 Å². The summed E-state index contributed by atoms with van der Waals surface area (Å²) < 4.78 is 0. The fraction of sp³-hybridized carbons (Fsp3) is 0.333. The molecule has 0 spiro atoms. The van der Waals surface area contributed by atoms with Crippen LogP contribution in [-0.4, -0.2) is 0 Å². The Labute approximate surface area is 48.7 Å². The number of hydrogen-bond acceptors (Lipinski definition) is 1. The van der Waals surface area contributed by atoms with Crippen LogP contribution in [0.1, 0.15) is 13.3 Å². The van der Waals surface area contributed by atoms with Crippen molar-refractivity contribution in [3.05, 3.63) is 29.3 Å². The Morgan fingerprint density at radius 2 is 2.62 bits per heavy atom. The van der Waals surface area contributed by atoms with E-state index in [2.05, 4.69) is 6.20 Å². The van der Waals surface area contributed by atoms with E-state index in [0.29, 0.717) is 0 Å². The lowest BCUT2D eigenvalue weighted by Crippen LogP contribution is -2.96. The van der Waals surface area contributed by atoms with Crippen LogP contribution in [0.25, 0.3) is 0 Å². The van der Waals surface area contributed by atoms with Gasteiger partial charge in [0.2, 0.25) is 0 Å². The van der Waals surface area contributed by atoms with Crippen molar-refractivity contribution in [2.75, 3.05) is 0 Å². The van der Waals surface area contributed by atoms with Gasteiger partial charge in [-0.15, -0.1) is 0 Å². The summed E-state index contributed by atoms with van der Waals surface area (Å²) in [6, 6.07) is 0. The van der Waals surface area contributed by atoms with Gasteiger partial charge >= 0.3 is 0 Å². The second-order valence-electron chi connectivity index (χ2n) is 1.73. The highest BCUT2D eigenvalue weighted by molar-refractivity contribution is 5.15. The Morgan fingerprint density at radius 1 is 1.88 bits per heavy atom. The zero-order chi connectivity index (χ0) is 5.98. The SMILES string of the molecule is CCC1=C[NH+]([O-])[C]=C1. The summed E-state index contributed by atoms with van der Waals surface area (Å²) in [6.45, 7) is 2.02. The average molecular weight is 110 g/mol. The van der Waals surface area contributed by atoms with Gasteiger partial charge in [-0.25, -0.2) is 0 Å². The third-order valence-electron chi connectivity index (χ3n) is 1.12. The largest absolute Gasteiger partial charge is 0.624 e. The summed E-state index contributed by atoms with van der Waals surface area (Å²) in [6.07, 6.45) is 6.84. The highest BCUT2D eigenvalue weighted by Gasteiger charge is 2.00. The van der Waals surface area contributed by atoms with Gasteiger partial charge in [-0.05, 0) is 6.42 Å². The second-order valence-corrected chi connectivity index (χ2v) is 1.73. The van der Waals surface area contributed by atoms with Crippen molar-refractivity contribution in [3.63, 3.8) is 0 Å². The molecule has 2 heteroatoms. The van der Waals surface area contributed by atoms with Crippen LogP contribution in [0.4, 0.5) is 0 Å². The molecule has 1 radical (unpaired) electrons. The molecule has 1 aliphatic rings. The number of nitrogens with one attached hydrogen (secondary N) is 1. The number of rotatable bonds is 1. The van der Waals surface area contributed by atoms with Crippen LogP contribution in [-0.2, 0) is 0 Å². The Hall–Kier alpha value is -0.600. The molecule has 8 heavy (non-hydrogen) atoms. The Morgan fingerprint density at radius 3 is 2.88 bits per heavy atom. The van der Waals surface area contributed by atoms with E-state index in [0.717, 1.165) is 12.0 Å². The topological polar surface area (TPSA) is 27.5 Å². The number of hydrogen-bond donors (Lipinski definition) is 1. The van der Waals surface area contributed by atoms with E-state index in [1.54, 1.807) is 12.3 Å². The van der Waals surface area contributed by atoms with Crippen LogP contribution in [0.2, 0.25) is 0 Å². The maximum absolute atomic E-state index is 10.4. The van der Waals surface area contributed by atoms with Crippen LogP contribution < -0.4 is 5.06 Å². The van der Waals surface area contributed by atoms with E-state index < -0.39 is 0 Å². The molecule has 0 aliphatic carbocycles. The van der Waals surface area contributed by atoms with Gasteiger partial charge in [-0.2, -0.15) is 0 Å². The third-order valence-corrected chi connectivity index (χ3v) is 1.12. The van der Waals surface area contributed by atoms with E-state index in [9.17, 15) is 5.21 Å². The van der Waals surface area contributed by atoms with Crippen LogP contribution >= 0.6 is 0 Å². The maximum Gasteiger partial charge on any atom is 0.198 e. The quantitative estimate of drug-likeness (QED) is 0.472. The molecule has 1 N–H and O–H groups in total. The molecule has 1 heterocycles. The van der Waals surface area contributed by atoms with Gasteiger partial charge in [-0.1, -0.05) is 6.92 Å². The second kappa shape index (κ2) is 2.11. The molecule has 0 aromatic carbocycles. The molecular weight excluding hydrogens is 102 g/mol. The Balaban J connectivity index is 2.58. The number of allylic oxidation sites excluding steroid dienone is 2. The first-order valence-electron chi connectivity index (χ1n) is 2.67. The predicted octanol–water partition coefficient (Wildman–Crippen LogP) is -0.00651. The smallest absolute Gasteiger partial charge is 0.198 e. The molecule has 1 rings (SSSR count). The summed E-state index contributed by atoms with van der Waals surface area (Å²) in [5.74, 6) is 0. The lowest BCUT2D eigenvalue weighted by Gasteiger charge is -2.03. The summed E-state index contributed by atoms with van der Waals surface area (Å²) >= 11 is 0. The molecule has 1 aliphatic heterocycles. The maximum atomic E-state index is 10.4. The predicted molar refractivity (Wildman–Crippen MR) is 30.5 cm³/mol. The fourth-order valence-corrected chi connectivity index (χ4v) is 0.620. The van der Waals surface area contributed by atoms with Crippen molar-refractivity contribution in [2.45, 2.75) is 13.3 Å². The average Bonchev–Trinajstić information content (AvgIpc) is 2.14. The molecule has 0 fully saturated rings. The number of hydroxylamine groups is 2. The first-order valence-corrected chi connectivity index (χ1v) is 2.67. The molecule has 0 amide bonds. The van der Waals surface area contributed by atoms with E-state index in [1.165, 1.54) is 0 Å². The van der Waals surface area contributed by atoms with Gasteiger partial charge in [0.15, 0.2) is 6.20 Å². The van der Waals surface area contributed by atoms with Crippen molar-refractivity contribution in [1.29, 1.82) is 0 Å². The van der Waals surface area contributed by atoms with Crippen molar-refractivity contribution >= 4 is 0 Å². The molecular formula is C6H8NO. The normalized spacial score (nSPS) is 26.2. The minimum absolute atomic E-state index is 0.00171. The summed E-state index contributed by atoms with van der Waals surface area (Å²) in [4.78, 5) is 0. The summed E-state index contributed by atoms with van der Waals surface area (Å²) in [7, 11) is 0. The lowest BCUT2D eigenvalue weighted by molar-refractivity contribution is -0.741. The van der Waals surface area contributed by atoms with Gasteiger partial charge in [0.25, 0.3) is 0 Å². The fourth-order valence-electron chi connectivity index (χ4n) is 0.620. The summed E-state index contributed by atoms with van der Waals surface area (Å²) in [5.41, 5.74) is 1.08. The minimum atomic E-state index is 0.00171. The van der Waals surface area contributed by atoms with Crippen LogP contribution in [0.5, 0.6) is 0 Å². The highest BCUT2D eigenvalue weighted by atomic mass is 16.5. The standard InChI is InChI=1S/C6H8NO/c1-2-6-3-4-7(8)5-6/h3,5,7H,2H2,1H3. The molecule has 0 bridgehead atoms. The van der Waals surface area contributed by atoms with Crippen molar-refractivity contribution in [2.24, 2.45) is 0 Å². The first kappa shape index (κ1) is 5.54. The zero-order valence-electron chi connectivity index (χ0n) is 4.77. The van der Waals surface area contributed by atoms with Crippen LogP contribution in [0.15, 0.2) is 17.8 Å². The van der Waals surface area contributed by atoms with E-state index in [1.807, 2.05) is 6.92 Å². The molecule has 1 atom stereocenters. The van der Waals surface area contributed by atoms with Crippen molar-refractivity contribution < 1.29 is 5.06 Å². The molecule has 2 nitrogen and oxygen atoms in total.